The third-order valence-electron chi connectivity index (χ3n) is 4.59. The molecular weight excluding hydrogens is 462 g/mol. The van der Waals surface area contributed by atoms with E-state index in [1.165, 1.54) is 10.6 Å². The van der Waals surface area contributed by atoms with Crippen molar-refractivity contribution in [3.05, 3.63) is 87.0 Å². The van der Waals surface area contributed by atoms with Crippen molar-refractivity contribution in [3.63, 3.8) is 0 Å². The highest BCUT2D eigenvalue weighted by Gasteiger charge is 2.11. The van der Waals surface area contributed by atoms with Crippen molar-refractivity contribution in [3.8, 4) is 5.75 Å². The number of nitrogens with one attached hydrogen (secondary N) is 1. The largest absolute Gasteiger partial charge is 0.487 e. The molecular formula is C22H20BrN5O3. The molecule has 0 saturated carbocycles. The zero-order valence-electron chi connectivity index (χ0n) is 16.9. The molecule has 4 aromatic rings. The van der Waals surface area contributed by atoms with Crippen LogP contribution < -0.4 is 15.6 Å². The molecule has 8 nitrogen and oxygen atoms in total. The molecule has 9 heteroatoms. The number of rotatable bonds is 6. The van der Waals surface area contributed by atoms with Crippen LogP contribution in [0.3, 0.4) is 0 Å². The predicted molar refractivity (Wildman–Crippen MR) is 121 cm³/mol. The van der Waals surface area contributed by atoms with Crippen LogP contribution in [0.4, 0.5) is 5.69 Å². The minimum atomic E-state index is -0.208. The Morgan fingerprint density at radius 2 is 1.84 bits per heavy atom. The van der Waals surface area contributed by atoms with Crippen LogP contribution in [0, 0.1) is 0 Å². The number of halogens is 1. The van der Waals surface area contributed by atoms with Gasteiger partial charge >= 0.3 is 0 Å². The standard InChI is InChI=1S/C22H20BrN5O3/c1-14(2)27-13-24-22-26-18(11-20(29)28(22)27)12-31-19-9-7-17(8-10-19)25-21(30)15-3-5-16(23)6-4-15/h3-11,13-14H,12H2,1-2H3,(H,25,30). The highest BCUT2D eigenvalue weighted by Crippen LogP contribution is 2.18. The van der Waals surface area contributed by atoms with Crippen molar-refractivity contribution in [1.82, 2.24) is 19.2 Å². The number of carbonyl (C=O) groups is 1. The number of anilines is 1. The van der Waals surface area contributed by atoms with Gasteiger partial charge in [-0.1, -0.05) is 15.9 Å². The summed E-state index contributed by atoms with van der Waals surface area (Å²) in [7, 11) is 0. The van der Waals surface area contributed by atoms with E-state index in [9.17, 15) is 9.59 Å². The molecule has 0 saturated heterocycles. The molecule has 31 heavy (non-hydrogen) atoms. The predicted octanol–water partition coefficient (Wildman–Crippen LogP) is 4.07. The lowest BCUT2D eigenvalue weighted by molar-refractivity contribution is 0.102. The van der Waals surface area contributed by atoms with E-state index in [1.54, 1.807) is 47.4 Å². The van der Waals surface area contributed by atoms with Crippen LogP contribution in [0.25, 0.3) is 5.78 Å². The molecule has 1 amide bonds. The molecule has 0 aliphatic carbocycles. The van der Waals surface area contributed by atoms with Gasteiger partial charge in [-0.2, -0.15) is 9.50 Å². The second-order valence-electron chi connectivity index (χ2n) is 7.19. The third kappa shape index (κ3) is 4.66. The van der Waals surface area contributed by atoms with E-state index in [1.807, 2.05) is 26.0 Å². The number of nitrogens with zero attached hydrogens (tertiary/aromatic N) is 4. The molecule has 2 heterocycles. The van der Waals surface area contributed by atoms with Crippen molar-refractivity contribution in [1.29, 1.82) is 0 Å². The Morgan fingerprint density at radius 1 is 1.13 bits per heavy atom. The summed E-state index contributed by atoms with van der Waals surface area (Å²) >= 11 is 3.35. The minimum Gasteiger partial charge on any atom is -0.487 e. The zero-order chi connectivity index (χ0) is 22.0. The van der Waals surface area contributed by atoms with Crippen molar-refractivity contribution in [2.24, 2.45) is 0 Å². The van der Waals surface area contributed by atoms with Crippen LogP contribution in [0.5, 0.6) is 5.75 Å². The second-order valence-corrected chi connectivity index (χ2v) is 8.11. The highest BCUT2D eigenvalue weighted by molar-refractivity contribution is 9.10. The van der Waals surface area contributed by atoms with Crippen LogP contribution in [0.2, 0.25) is 0 Å². The van der Waals surface area contributed by atoms with Crippen molar-refractivity contribution in [2.75, 3.05) is 5.32 Å². The molecule has 0 aliphatic heterocycles. The molecule has 4 rings (SSSR count). The Morgan fingerprint density at radius 3 is 2.52 bits per heavy atom. The number of amides is 1. The molecule has 0 aliphatic rings. The number of hydrogen-bond donors (Lipinski definition) is 1. The number of carbonyl (C=O) groups excluding carboxylic acids is 1. The van der Waals surface area contributed by atoms with Crippen molar-refractivity contribution >= 4 is 33.3 Å². The SMILES string of the molecule is CC(C)n1cnc2nc(COc3ccc(NC(=O)c4ccc(Br)cc4)cc3)cc(=O)n21. The molecule has 0 fully saturated rings. The Balaban J connectivity index is 1.41. The molecule has 2 aromatic heterocycles. The summed E-state index contributed by atoms with van der Waals surface area (Å²) < 4.78 is 9.83. The summed E-state index contributed by atoms with van der Waals surface area (Å²) in [5, 5.41) is 2.84. The summed E-state index contributed by atoms with van der Waals surface area (Å²) in [6.07, 6.45) is 1.60. The topological polar surface area (TPSA) is 90.5 Å². The van der Waals surface area contributed by atoms with E-state index in [0.717, 1.165) is 4.47 Å². The summed E-state index contributed by atoms with van der Waals surface area (Å²) in [4.78, 5) is 33.3. The van der Waals surface area contributed by atoms with Crippen LogP contribution in [0.15, 0.2) is 70.2 Å². The van der Waals surface area contributed by atoms with Crippen LogP contribution >= 0.6 is 15.9 Å². The maximum absolute atomic E-state index is 12.4. The monoisotopic (exact) mass is 481 g/mol. The van der Waals surface area contributed by atoms with Gasteiger partial charge in [-0.3, -0.25) is 14.3 Å². The van der Waals surface area contributed by atoms with Gasteiger partial charge in [0.2, 0.25) is 0 Å². The summed E-state index contributed by atoms with van der Waals surface area (Å²) in [6.45, 7) is 4.07. The van der Waals surface area contributed by atoms with Gasteiger partial charge in [-0.15, -0.1) is 0 Å². The summed E-state index contributed by atoms with van der Waals surface area (Å²) in [5.74, 6) is 0.738. The Labute approximate surface area is 186 Å². The van der Waals surface area contributed by atoms with Gasteiger partial charge in [0, 0.05) is 27.8 Å². The molecule has 0 unspecified atom stereocenters. The fourth-order valence-corrected chi connectivity index (χ4v) is 3.27. The lowest BCUT2D eigenvalue weighted by atomic mass is 10.2. The molecule has 0 spiro atoms. The van der Waals surface area contributed by atoms with Gasteiger partial charge in [0.1, 0.15) is 18.7 Å². The lowest BCUT2D eigenvalue weighted by Gasteiger charge is -2.10. The molecule has 0 bridgehead atoms. The van der Waals surface area contributed by atoms with E-state index in [4.69, 9.17) is 4.74 Å². The van der Waals surface area contributed by atoms with E-state index in [0.29, 0.717) is 28.5 Å². The van der Waals surface area contributed by atoms with Gasteiger partial charge in [0.25, 0.3) is 17.2 Å². The first-order valence-electron chi connectivity index (χ1n) is 9.66. The first kappa shape index (κ1) is 20.8. The molecule has 1 N–H and O–H groups in total. The smallest absolute Gasteiger partial charge is 0.274 e. The fourth-order valence-electron chi connectivity index (χ4n) is 3.01. The molecule has 158 valence electrons. The number of hydrogen-bond acceptors (Lipinski definition) is 5. The summed E-state index contributed by atoms with van der Waals surface area (Å²) in [6, 6.07) is 15.7. The van der Waals surface area contributed by atoms with E-state index in [2.05, 4.69) is 31.2 Å². The molecule has 0 atom stereocenters. The maximum atomic E-state index is 12.4. The van der Waals surface area contributed by atoms with Gasteiger partial charge < -0.3 is 10.1 Å². The fraction of sp³-hybridized carbons (Fsp3) is 0.182. The quantitative estimate of drug-likeness (QED) is 0.448. The lowest BCUT2D eigenvalue weighted by Crippen LogP contribution is -2.23. The van der Waals surface area contributed by atoms with Gasteiger partial charge in [-0.05, 0) is 62.4 Å². The first-order valence-corrected chi connectivity index (χ1v) is 10.5. The maximum Gasteiger partial charge on any atom is 0.274 e. The van der Waals surface area contributed by atoms with Crippen LogP contribution in [-0.4, -0.2) is 25.1 Å². The number of fused-ring (bicyclic) bond motifs is 1. The van der Waals surface area contributed by atoms with Crippen LogP contribution in [0.1, 0.15) is 35.9 Å². The second kappa shape index (κ2) is 8.73. The zero-order valence-corrected chi connectivity index (χ0v) is 18.5. The average Bonchev–Trinajstić information content (AvgIpc) is 3.19. The Hall–Kier alpha value is -3.46. The van der Waals surface area contributed by atoms with Gasteiger partial charge in [0.15, 0.2) is 0 Å². The van der Waals surface area contributed by atoms with Gasteiger partial charge in [-0.25, -0.2) is 4.98 Å². The number of aromatic nitrogens is 4. The first-order chi connectivity index (χ1) is 14.9. The van der Waals surface area contributed by atoms with E-state index >= 15 is 0 Å². The van der Waals surface area contributed by atoms with E-state index in [-0.39, 0.29) is 24.1 Å². The average molecular weight is 482 g/mol. The molecule has 0 radical (unpaired) electrons. The Kier molecular flexibility index (Phi) is 5.85. The van der Waals surface area contributed by atoms with Crippen LogP contribution in [-0.2, 0) is 6.61 Å². The minimum absolute atomic E-state index is 0.0920. The number of benzene rings is 2. The van der Waals surface area contributed by atoms with E-state index < -0.39 is 0 Å². The molecule has 2 aromatic carbocycles. The highest BCUT2D eigenvalue weighted by atomic mass is 79.9. The number of ether oxygens (including phenoxy) is 1. The Bertz CT molecular complexity index is 1280. The van der Waals surface area contributed by atoms with Crippen molar-refractivity contribution < 1.29 is 9.53 Å². The summed E-state index contributed by atoms with van der Waals surface area (Å²) in [5.41, 5.74) is 1.50. The normalized spacial score (nSPS) is 11.1. The van der Waals surface area contributed by atoms with Gasteiger partial charge in [0.05, 0.1) is 5.69 Å². The van der Waals surface area contributed by atoms with Crippen molar-refractivity contribution in [2.45, 2.75) is 26.5 Å². The third-order valence-corrected chi connectivity index (χ3v) is 5.12.